The largest absolute Gasteiger partial charge is 0.506 e. The molecule has 1 amide bonds. The Balaban J connectivity index is 1.38. The molecule has 0 aliphatic rings. The monoisotopic (exact) mass is 766 g/mol. The van der Waals surface area contributed by atoms with Crippen molar-refractivity contribution in [2.24, 2.45) is 10.2 Å². The number of phenolic OH excluding ortho intramolecular Hbond substituents is 2. The molecule has 0 radical (unpaired) electrons. The summed E-state index contributed by atoms with van der Waals surface area (Å²) in [5.41, 5.74) is 1.20. The minimum absolute atomic E-state index is 0.00133. The second-order valence-corrected chi connectivity index (χ2v) is 14.4. The zero-order chi connectivity index (χ0) is 40.3. The van der Waals surface area contributed by atoms with Crippen LogP contribution in [-0.2, 0) is 4.74 Å². The second kappa shape index (κ2) is 22.8. The zero-order valence-corrected chi connectivity index (χ0v) is 33.2. The minimum Gasteiger partial charge on any atom is -0.506 e. The van der Waals surface area contributed by atoms with Gasteiger partial charge in [0.05, 0.1) is 40.9 Å². The van der Waals surface area contributed by atoms with Gasteiger partial charge in [-0.05, 0) is 48.9 Å². The number of carboxylic acid groups (broad SMARTS) is 1. The normalized spacial score (nSPS) is 11.3. The maximum Gasteiger partial charge on any atom is 0.337 e. The topological polar surface area (TPSA) is 161 Å². The molecule has 0 aliphatic heterocycles. The van der Waals surface area contributed by atoms with Crippen LogP contribution in [0.4, 0.5) is 22.7 Å². The van der Waals surface area contributed by atoms with Crippen LogP contribution < -0.4 is 10.2 Å². The van der Waals surface area contributed by atoms with E-state index in [0.717, 1.165) is 19.3 Å². The number of unbranched alkanes of at least 4 members (excludes halogenated alkanes) is 15. The molecule has 4 N–H and O–H groups in total. The predicted octanol–water partition coefficient (Wildman–Crippen LogP) is 12.1. The summed E-state index contributed by atoms with van der Waals surface area (Å²) in [6.45, 7) is 2.97. The van der Waals surface area contributed by atoms with E-state index in [2.05, 4.69) is 22.5 Å². The van der Waals surface area contributed by atoms with Gasteiger partial charge in [0, 0.05) is 24.4 Å². The first-order valence-corrected chi connectivity index (χ1v) is 20.1. The summed E-state index contributed by atoms with van der Waals surface area (Å²) in [7, 11) is 3.15. The number of phenols is 2. The molecule has 0 spiro atoms. The van der Waals surface area contributed by atoms with Gasteiger partial charge < -0.3 is 30.3 Å². The molecule has 0 aromatic heterocycles. The fourth-order valence-electron chi connectivity index (χ4n) is 6.86. The number of esters is 1. The van der Waals surface area contributed by atoms with E-state index < -0.39 is 17.8 Å². The maximum absolute atomic E-state index is 13.9. The summed E-state index contributed by atoms with van der Waals surface area (Å²) in [5, 5.41) is 43.5. The second-order valence-electron chi connectivity index (χ2n) is 14.4. The molecule has 0 unspecified atom stereocenters. The number of nitrogens with zero attached hydrogens (tertiary/aromatic N) is 3. The van der Waals surface area contributed by atoms with Gasteiger partial charge in [0.25, 0.3) is 5.91 Å². The zero-order valence-electron chi connectivity index (χ0n) is 33.2. The van der Waals surface area contributed by atoms with Crippen molar-refractivity contribution in [1.82, 2.24) is 0 Å². The third-order valence-electron chi connectivity index (χ3n) is 10.2. The van der Waals surface area contributed by atoms with E-state index in [1.165, 1.54) is 127 Å². The van der Waals surface area contributed by atoms with Crippen LogP contribution in [0, 0.1) is 0 Å². The molecule has 4 aromatic rings. The Bertz CT molecular complexity index is 1940. The van der Waals surface area contributed by atoms with Crippen LogP contribution >= 0.6 is 0 Å². The van der Waals surface area contributed by atoms with Crippen LogP contribution in [0.25, 0.3) is 10.8 Å². The van der Waals surface area contributed by atoms with Crippen LogP contribution in [0.15, 0.2) is 77.0 Å². The first-order valence-electron chi connectivity index (χ1n) is 20.1. The number of carboxylic acids is 1. The van der Waals surface area contributed by atoms with Gasteiger partial charge in [0.15, 0.2) is 0 Å². The molecule has 56 heavy (non-hydrogen) atoms. The molecule has 0 atom stereocenters. The van der Waals surface area contributed by atoms with Crippen LogP contribution in [-0.4, -0.2) is 53.9 Å². The number of hydrogen-bond donors (Lipinski definition) is 4. The third-order valence-corrected chi connectivity index (χ3v) is 10.2. The van der Waals surface area contributed by atoms with Crippen molar-refractivity contribution in [3.63, 3.8) is 0 Å². The lowest BCUT2D eigenvalue weighted by Crippen LogP contribution is -2.22. The van der Waals surface area contributed by atoms with Gasteiger partial charge in [-0.1, -0.05) is 128 Å². The number of aromatic hydroxyl groups is 2. The smallest absolute Gasteiger partial charge is 0.337 e. The highest BCUT2D eigenvalue weighted by Gasteiger charge is 2.21. The molecule has 11 heteroatoms. The quantitative estimate of drug-likeness (QED) is 0.0311. The number of carbonyl (C=O) groups excluding carboxylic acids is 2. The molecule has 0 bridgehead atoms. The number of rotatable bonds is 24. The number of fused-ring (bicyclic) bond motifs is 1. The minimum atomic E-state index is -1.14. The Morgan fingerprint density at radius 2 is 1.23 bits per heavy atom. The summed E-state index contributed by atoms with van der Waals surface area (Å²) in [6, 6.07) is 16.8. The third kappa shape index (κ3) is 12.8. The first kappa shape index (κ1) is 43.3. The highest BCUT2D eigenvalue weighted by Crippen LogP contribution is 2.39. The SMILES string of the molecule is CCCCCCCCCCCCCCCCCCN(C)c1ccc(C(=O)O)cc1NC(=O)c1cc(N=Nc2cc(C(=O)OC)ccc2O)c2ccccc2c1O. The summed E-state index contributed by atoms with van der Waals surface area (Å²) >= 11 is 0. The van der Waals surface area contributed by atoms with Crippen LogP contribution in [0.1, 0.15) is 141 Å². The Morgan fingerprint density at radius 1 is 0.679 bits per heavy atom. The summed E-state index contributed by atoms with van der Waals surface area (Å²) < 4.78 is 4.76. The Morgan fingerprint density at radius 3 is 1.82 bits per heavy atom. The van der Waals surface area contributed by atoms with Gasteiger partial charge in [-0.15, -0.1) is 10.2 Å². The van der Waals surface area contributed by atoms with E-state index in [-0.39, 0.29) is 45.3 Å². The van der Waals surface area contributed by atoms with E-state index in [1.807, 2.05) is 11.9 Å². The van der Waals surface area contributed by atoms with Crippen molar-refractivity contribution in [3.05, 3.63) is 83.4 Å². The lowest BCUT2D eigenvalue weighted by atomic mass is 10.0. The number of benzene rings is 4. The van der Waals surface area contributed by atoms with Crippen molar-refractivity contribution in [2.45, 2.75) is 110 Å². The summed E-state index contributed by atoms with van der Waals surface area (Å²) in [6.07, 6.45) is 20.5. The molecule has 4 aromatic carbocycles. The van der Waals surface area contributed by atoms with E-state index in [9.17, 15) is 29.7 Å². The van der Waals surface area contributed by atoms with Crippen molar-refractivity contribution in [3.8, 4) is 11.5 Å². The molecule has 300 valence electrons. The summed E-state index contributed by atoms with van der Waals surface area (Å²) in [4.78, 5) is 39.9. The first-order chi connectivity index (χ1) is 27.1. The van der Waals surface area contributed by atoms with E-state index in [1.54, 1.807) is 30.3 Å². The van der Waals surface area contributed by atoms with Gasteiger partial charge in [0.1, 0.15) is 17.2 Å². The molecule has 0 saturated carbocycles. The predicted molar refractivity (Wildman–Crippen MR) is 223 cm³/mol. The van der Waals surface area contributed by atoms with E-state index in [0.29, 0.717) is 23.0 Å². The lowest BCUT2D eigenvalue weighted by molar-refractivity contribution is 0.0599. The lowest BCUT2D eigenvalue weighted by Gasteiger charge is -2.23. The Kier molecular flexibility index (Phi) is 17.6. The molecular formula is C45H58N4O7. The molecule has 11 nitrogen and oxygen atoms in total. The number of hydrogen-bond acceptors (Lipinski definition) is 9. The average Bonchev–Trinajstić information content (AvgIpc) is 3.20. The molecule has 0 fully saturated rings. The van der Waals surface area contributed by atoms with Crippen LogP contribution in [0.2, 0.25) is 0 Å². The van der Waals surface area contributed by atoms with Crippen molar-refractivity contribution < 1.29 is 34.4 Å². The van der Waals surface area contributed by atoms with Crippen molar-refractivity contribution in [2.75, 3.05) is 30.9 Å². The van der Waals surface area contributed by atoms with Gasteiger partial charge in [-0.25, -0.2) is 9.59 Å². The van der Waals surface area contributed by atoms with Crippen molar-refractivity contribution in [1.29, 1.82) is 0 Å². The maximum atomic E-state index is 13.9. The Labute approximate surface area is 330 Å². The summed E-state index contributed by atoms with van der Waals surface area (Å²) in [5.74, 6) is -2.94. The number of aromatic carboxylic acids is 1. The standard InChI is InChI=1S/C45H58N4O7/c1-4-5-6-7-8-9-10-11-12-13-14-15-16-17-18-21-28-49(2)40-26-24-32(44(53)54)29-38(40)46-43(52)36-31-37(34-22-19-20-23-35(34)42(36)51)47-48-39-30-33(45(55)56-3)25-27-41(39)50/h19-20,22-27,29-31,50-51H,4-18,21,28H2,1-3H3,(H,46,52)(H,53,54). The fraction of sp³-hybridized carbons (Fsp3) is 0.444. The Hall–Kier alpha value is -5.45. The number of amides is 1. The van der Waals surface area contributed by atoms with Gasteiger partial charge in [-0.2, -0.15) is 0 Å². The number of carbonyl (C=O) groups is 3. The molecule has 0 saturated heterocycles. The van der Waals surface area contributed by atoms with Gasteiger partial charge in [-0.3, -0.25) is 4.79 Å². The number of methoxy groups -OCH3 is 1. The average molecular weight is 767 g/mol. The van der Waals surface area contributed by atoms with Crippen LogP contribution in [0.5, 0.6) is 11.5 Å². The molecule has 4 rings (SSSR count). The molecular weight excluding hydrogens is 709 g/mol. The highest BCUT2D eigenvalue weighted by atomic mass is 16.5. The van der Waals surface area contributed by atoms with E-state index in [4.69, 9.17) is 4.74 Å². The fourth-order valence-corrected chi connectivity index (χ4v) is 6.86. The molecule has 0 heterocycles. The van der Waals surface area contributed by atoms with Crippen molar-refractivity contribution >= 4 is 51.4 Å². The molecule has 0 aliphatic carbocycles. The highest BCUT2D eigenvalue weighted by molar-refractivity contribution is 6.13. The van der Waals surface area contributed by atoms with Gasteiger partial charge in [0.2, 0.25) is 0 Å². The number of anilines is 2. The van der Waals surface area contributed by atoms with E-state index >= 15 is 0 Å². The number of nitrogens with one attached hydrogen (secondary N) is 1. The number of ether oxygens (including phenoxy) is 1. The number of azo groups is 1. The van der Waals surface area contributed by atoms with Crippen LogP contribution in [0.3, 0.4) is 0 Å². The van der Waals surface area contributed by atoms with Gasteiger partial charge >= 0.3 is 11.9 Å².